The number of carbonyl (C=O) groups is 1. The molecule has 1 aromatic rings. The van der Waals surface area contributed by atoms with Crippen LogP contribution in [-0.4, -0.2) is 13.1 Å². The lowest BCUT2D eigenvalue weighted by Crippen LogP contribution is -2.07. The third kappa shape index (κ3) is 3.04. The molecule has 0 aliphatic carbocycles. The molecule has 0 aliphatic rings. The molecule has 14 heavy (non-hydrogen) atoms. The molecular formula is C9H7FI2O2. The first-order valence-corrected chi connectivity index (χ1v) is 5.90. The van der Waals surface area contributed by atoms with E-state index in [4.69, 9.17) is 0 Å². The van der Waals surface area contributed by atoms with Crippen LogP contribution in [0.25, 0.3) is 0 Å². The zero-order valence-electron chi connectivity index (χ0n) is 7.31. The molecule has 1 rings (SSSR count). The maximum absolute atomic E-state index is 13.2. The molecule has 0 spiro atoms. The average molecular weight is 420 g/mol. The van der Waals surface area contributed by atoms with Gasteiger partial charge in [-0.1, -0.05) is 0 Å². The molecule has 1 aromatic carbocycles. The molecule has 0 amide bonds. The summed E-state index contributed by atoms with van der Waals surface area (Å²) in [7, 11) is 1.32. The van der Waals surface area contributed by atoms with Crippen molar-refractivity contribution in [2.45, 2.75) is 6.42 Å². The van der Waals surface area contributed by atoms with Crippen LogP contribution >= 0.6 is 45.2 Å². The molecule has 0 heterocycles. The van der Waals surface area contributed by atoms with Gasteiger partial charge >= 0.3 is 5.97 Å². The molecule has 2 nitrogen and oxygen atoms in total. The molecule has 0 aromatic heterocycles. The van der Waals surface area contributed by atoms with Crippen molar-refractivity contribution in [2.24, 2.45) is 0 Å². The molecule has 0 radical (unpaired) electrons. The predicted molar refractivity (Wildman–Crippen MR) is 67.6 cm³/mol. The Kier molecular flexibility index (Phi) is 4.55. The maximum Gasteiger partial charge on any atom is 0.310 e. The van der Waals surface area contributed by atoms with Gasteiger partial charge in [-0.25, -0.2) is 4.39 Å². The highest BCUT2D eigenvalue weighted by atomic mass is 127. The van der Waals surface area contributed by atoms with Crippen molar-refractivity contribution in [1.29, 1.82) is 0 Å². The normalized spacial score (nSPS) is 10.0. The Morgan fingerprint density at radius 1 is 1.50 bits per heavy atom. The van der Waals surface area contributed by atoms with Gasteiger partial charge in [0.15, 0.2) is 0 Å². The van der Waals surface area contributed by atoms with Gasteiger partial charge in [-0.3, -0.25) is 4.79 Å². The van der Waals surface area contributed by atoms with E-state index < -0.39 is 0 Å². The second-order valence-corrected chi connectivity index (χ2v) is 4.94. The average Bonchev–Trinajstić information content (AvgIpc) is 2.13. The van der Waals surface area contributed by atoms with Gasteiger partial charge < -0.3 is 4.74 Å². The maximum atomic E-state index is 13.2. The summed E-state index contributed by atoms with van der Waals surface area (Å²) in [6, 6.07) is 3.21. The number of hydrogen-bond acceptors (Lipinski definition) is 2. The lowest BCUT2D eigenvalue weighted by atomic mass is 10.1. The zero-order valence-corrected chi connectivity index (χ0v) is 11.6. The Balaban J connectivity index is 3.02. The largest absolute Gasteiger partial charge is 0.469 e. The highest BCUT2D eigenvalue weighted by Gasteiger charge is 2.11. The molecule has 0 atom stereocenters. The molecule has 76 valence electrons. The van der Waals surface area contributed by atoms with Gasteiger partial charge in [0.25, 0.3) is 0 Å². The van der Waals surface area contributed by atoms with Crippen molar-refractivity contribution in [1.82, 2.24) is 0 Å². The van der Waals surface area contributed by atoms with Crippen molar-refractivity contribution in [3.63, 3.8) is 0 Å². The molecule has 0 fully saturated rings. The summed E-state index contributed by atoms with van der Waals surface area (Å²) in [4.78, 5) is 11.0. The van der Waals surface area contributed by atoms with E-state index in [2.05, 4.69) is 4.74 Å². The minimum Gasteiger partial charge on any atom is -0.469 e. The van der Waals surface area contributed by atoms with E-state index >= 15 is 0 Å². The van der Waals surface area contributed by atoms with Crippen LogP contribution in [0.1, 0.15) is 5.56 Å². The molecule has 5 heteroatoms. The van der Waals surface area contributed by atoms with Crippen molar-refractivity contribution in [3.8, 4) is 0 Å². The van der Waals surface area contributed by atoms with Gasteiger partial charge in [-0.15, -0.1) is 0 Å². The fourth-order valence-corrected chi connectivity index (χ4v) is 2.12. The number of halogens is 3. The summed E-state index contributed by atoms with van der Waals surface area (Å²) in [5.41, 5.74) is 0.668. The van der Waals surface area contributed by atoms with Crippen molar-refractivity contribution < 1.29 is 13.9 Å². The lowest BCUT2D eigenvalue weighted by molar-refractivity contribution is -0.139. The molecule has 0 saturated carbocycles. The molecule has 0 unspecified atom stereocenters. The highest BCUT2D eigenvalue weighted by Crippen LogP contribution is 2.20. The Bertz CT molecular complexity index is 366. The van der Waals surface area contributed by atoms with Gasteiger partial charge in [0.1, 0.15) is 5.82 Å². The molecule has 0 bridgehead atoms. The molecular weight excluding hydrogens is 413 g/mol. The first-order chi connectivity index (χ1) is 6.54. The van der Waals surface area contributed by atoms with Crippen LogP contribution < -0.4 is 0 Å². The van der Waals surface area contributed by atoms with Crippen LogP contribution in [0.15, 0.2) is 12.1 Å². The van der Waals surface area contributed by atoms with Crippen molar-refractivity contribution in [3.05, 3.63) is 30.7 Å². The molecule has 0 aliphatic heterocycles. The summed E-state index contributed by atoms with van der Waals surface area (Å²) in [6.07, 6.45) is 0.114. The minimum atomic E-state index is -0.357. The Labute approximate surface area is 108 Å². The number of hydrogen-bond donors (Lipinski definition) is 0. The third-order valence-electron chi connectivity index (χ3n) is 1.63. The number of methoxy groups -OCH3 is 1. The number of ether oxygens (including phenoxy) is 1. The van der Waals surface area contributed by atoms with E-state index in [1.807, 2.05) is 45.2 Å². The summed E-state index contributed by atoms with van der Waals surface area (Å²) in [5, 5.41) is 0. The van der Waals surface area contributed by atoms with E-state index in [0.717, 1.165) is 3.57 Å². The van der Waals surface area contributed by atoms with E-state index in [1.54, 1.807) is 6.07 Å². The summed E-state index contributed by atoms with van der Waals surface area (Å²) >= 11 is 3.90. The second-order valence-electron chi connectivity index (χ2n) is 2.61. The Hall–Kier alpha value is 0.0800. The summed E-state index contributed by atoms with van der Waals surface area (Å²) < 4.78 is 19.0. The standard InChI is InChI=1S/C9H7FI2O2/c1-14-8(13)3-5-2-6(11)4-7(10)9(5)12/h2,4H,3H2,1H3. The SMILES string of the molecule is COC(=O)Cc1cc(I)cc(F)c1I. The van der Waals surface area contributed by atoms with Gasteiger partial charge in [-0.2, -0.15) is 0 Å². The van der Waals surface area contributed by atoms with E-state index in [1.165, 1.54) is 13.2 Å². The first kappa shape index (κ1) is 12.2. The van der Waals surface area contributed by atoms with Crippen LogP contribution in [0.2, 0.25) is 0 Å². The number of carbonyl (C=O) groups excluding carboxylic acids is 1. The van der Waals surface area contributed by atoms with Gasteiger partial charge in [0.05, 0.1) is 17.1 Å². The summed E-state index contributed by atoms with van der Waals surface area (Å²) in [5.74, 6) is -0.652. The quantitative estimate of drug-likeness (QED) is 0.418. The second kappa shape index (κ2) is 5.24. The molecule has 0 N–H and O–H groups in total. The van der Waals surface area contributed by atoms with Crippen LogP contribution in [0, 0.1) is 13.0 Å². The number of benzene rings is 1. The number of esters is 1. The zero-order chi connectivity index (χ0) is 10.7. The van der Waals surface area contributed by atoms with Gasteiger partial charge in [-0.05, 0) is 62.9 Å². The monoisotopic (exact) mass is 420 g/mol. The fourth-order valence-electron chi connectivity index (χ4n) is 0.966. The van der Waals surface area contributed by atoms with Crippen LogP contribution in [0.3, 0.4) is 0 Å². The van der Waals surface area contributed by atoms with Crippen LogP contribution in [0.4, 0.5) is 4.39 Å². The lowest BCUT2D eigenvalue weighted by Gasteiger charge is -2.05. The number of rotatable bonds is 2. The van der Waals surface area contributed by atoms with E-state index in [9.17, 15) is 9.18 Å². The first-order valence-electron chi connectivity index (χ1n) is 3.75. The van der Waals surface area contributed by atoms with Gasteiger partial charge in [0.2, 0.25) is 0 Å². The van der Waals surface area contributed by atoms with E-state index in [-0.39, 0.29) is 18.2 Å². The van der Waals surface area contributed by atoms with Crippen molar-refractivity contribution >= 4 is 51.2 Å². The topological polar surface area (TPSA) is 26.3 Å². The van der Waals surface area contributed by atoms with Crippen molar-refractivity contribution in [2.75, 3.05) is 7.11 Å². The fraction of sp³-hybridized carbons (Fsp3) is 0.222. The predicted octanol–water partition coefficient (Wildman–Crippen LogP) is 2.75. The Morgan fingerprint density at radius 2 is 2.14 bits per heavy atom. The Morgan fingerprint density at radius 3 is 2.71 bits per heavy atom. The summed E-state index contributed by atoms with van der Waals surface area (Å²) in [6.45, 7) is 0. The van der Waals surface area contributed by atoms with Crippen LogP contribution in [-0.2, 0) is 16.0 Å². The third-order valence-corrected chi connectivity index (χ3v) is 3.46. The van der Waals surface area contributed by atoms with Gasteiger partial charge in [0, 0.05) is 3.57 Å². The van der Waals surface area contributed by atoms with Crippen LogP contribution in [0.5, 0.6) is 0 Å². The highest BCUT2D eigenvalue weighted by molar-refractivity contribution is 14.1. The van der Waals surface area contributed by atoms with E-state index in [0.29, 0.717) is 9.13 Å². The smallest absolute Gasteiger partial charge is 0.310 e. The molecule has 0 saturated heterocycles. The minimum absolute atomic E-state index is 0.114.